The lowest BCUT2D eigenvalue weighted by molar-refractivity contribution is -0.136. The molecule has 9 heteroatoms. The molecular weight excluding hydrogens is 450 g/mol. The number of nitrogens with one attached hydrogen (secondary N) is 1. The van der Waals surface area contributed by atoms with Gasteiger partial charge in [0.25, 0.3) is 5.91 Å². The van der Waals surface area contributed by atoms with Crippen LogP contribution in [0, 0.1) is 0 Å². The zero-order valence-corrected chi connectivity index (χ0v) is 20.4. The Hall–Kier alpha value is -4.01. The lowest BCUT2D eigenvalue weighted by atomic mass is 10.1. The number of amides is 3. The first-order valence-electron chi connectivity index (χ1n) is 11.3. The number of nitrogens with zero attached hydrogens (tertiary/aromatic N) is 2. The van der Waals surface area contributed by atoms with Gasteiger partial charge in [0.1, 0.15) is 23.3 Å². The van der Waals surface area contributed by atoms with E-state index >= 15 is 0 Å². The highest BCUT2D eigenvalue weighted by molar-refractivity contribution is 5.98. The molecule has 1 aliphatic heterocycles. The maximum absolute atomic E-state index is 13.0. The Kier molecular flexibility index (Phi) is 8.72. The topological polar surface area (TPSA) is 97.4 Å². The molecule has 9 nitrogen and oxygen atoms in total. The molecule has 35 heavy (non-hydrogen) atoms. The van der Waals surface area contributed by atoms with Gasteiger partial charge in [-0.2, -0.15) is 0 Å². The first kappa shape index (κ1) is 25.6. The molecule has 1 aliphatic rings. The molecule has 2 aromatic carbocycles. The molecule has 1 heterocycles. The summed E-state index contributed by atoms with van der Waals surface area (Å²) in [5, 5.41) is 2.70. The number of hydrogen-bond donors (Lipinski definition) is 1. The van der Waals surface area contributed by atoms with Crippen LogP contribution in [-0.4, -0.2) is 81.1 Å². The fourth-order valence-electron chi connectivity index (χ4n) is 3.76. The maximum Gasteiger partial charge on any atom is 0.257 e. The number of ether oxygens (including phenoxy) is 3. The normalized spacial score (nSPS) is 14.4. The third-order valence-electron chi connectivity index (χ3n) is 5.79. The standard InChI is InChI=1S/C26H31N3O6/c1-18(27-24(30)12-7-19-5-8-20(33-2)9-6-19)25(31)28-13-15-29(16-14-28)26(32)22-11-10-21(34-3)17-23(22)35-4/h5-12,17-18H,13-16H2,1-4H3,(H,27,30). The number of carbonyl (C=O) groups is 3. The molecule has 0 aliphatic carbocycles. The van der Waals surface area contributed by atoms with Crippen molar-refractivity contribution in [3.05, 3.63) is 59.7 Å². The third-order valence-corrected chi connectivity index (χ3v) is 5.79. The highest BCUT2D eigenvalue weighted by Gasteiger charge is 2.29. The SMILES string of the molecule is COc1ccc(C=CC(=O)NC(C)C(=O)N2CCN(C(=O)c3ccc(OC)cc3OC)CC2)cc1. The van der Waals surface area contributed by atoms with Crippen LogP contribution in [0.2, 0.25) is 0 Å². The fraction of sp³-hybridized carbons (Fsp3) is 0.346. The first-order chi connectivity index (χ1) is 16.9. The summed E-state index contributed by atoms with van der Waals surface area (Å²) in [7, 11) is 4.64. The molecule has 0 bridgehead atoms. The average molecular weight is 482 g/mol. The summed E-state index contributed by atoms with van der Waals surface area (Å²) in [5.41, 5.74) is 1.28. The van der Waals surface area contributed by atoms with E-state index in [1.54, 1.807) is 67.4 Å². The Bertz CT molecular complexity index is 1070. The van der Waals surface area contributed by atoms with Crippen molar-refractivity contribution < 1.29 is 28.6 Å². The van der Waals surface area contributed by atoms with Gasteiger partial charge in [0.15, 0.2) is 0 Å². The Morgan fingerprint density at radius 3 is 2.06 bits per heavy atom. The average Bonchev–Trinajstić information content (AvgIpc) is 2.90. The molecule has 1 unspecified atom stereocenters. The zero-order valence-electron chi connectivity index (χ0n) is 20.4. The first-order valence-corrected chi connectivity index (χ1v) is 11.3. The number of piperazine rings is 1. The van der Waals surface area contributed by atoms with E-state index in [-0.39, 0.29) is 17.7 Å². The minimum atomic E-state index is -0.688. The van der Waals surface area contributed by atoms with Gasteiger partial charge in [0.2, 0.25) is 11.8 Å². The van der Waals surface area contributed by atoms with E-state index in [2.05, 4.69) is 5.32 Å². The van der Waals surface area contributed by atoms with Crippen molar-refractivity contribution in [2.75, 3.05) is 47.5 Å². The van der Waals surface area contributed by atoms with E-state index in [0.29, 0.717) is 43.2 Å². The molecule has 0 radical (unpaired) electrons. The van der Waals surface area contributed by atoms with Crippen LogP contribution >= 0.6 is 0 Å². The van der Waals surface area contributed by atoms with Gasteiger partial charge in [-0.15, -0.1) is 0 Å². The molecule has 3 amide bonds. The molecule has 1 atom stereocenters. The zero-order chi connectivity index (χ0) is 25.4. The number of hydrogen-bond acceptors (Lipinski definition) is 6. The predicted octanol–water partition coefficient (Wildman–Crippen LogP) is 2.21. The van der Waals surface area contributed by atoms with Crippen LogP contribution in [0.15, 0.2) is 48.5 Å². The lowest BCUT2D eigenvalue weighted by Gasteiger charge is -2.36. The Morgan fingerprint density at radius 1 is 0.857 bits per heavy atom. The quantitative estimate of drug-likeness (QED) is 0.581. The molecule has 3 rings (SSSR count). The Balaban J connectivity index is 1.51. The molecule has 0 aromatic heterocycles. The van der Waals surface area contributed by atoms with Crippen LogP contribution in [-0.2, 0) is 9.59 Å². The van der Waals surface area contributed by atoms with Crippen molar-refractivity contribution in [3.63, 3.8) is 0 Å². The van der Waals surface area contributed by atoms with Crippen LogP contribution in [0.25, 0.3) is 6.08 Å². The third kappa shape index (κ3) is 6.53. The molecule has 0 saturated carbocycles. The van der Waals surface area contributed by atoms with E-state index in [1.165, 1.54) is 13.2 Å². The molecule has 0 spiro atoms. The van der Waals surface area contributed by atoms with Gasteiger partial charge in [-0.3, -0.25) is 14.4 Å². The summed E-state index contributed by atoms with van der Waals surface area (Å²) in [6.45, 7) is 3.19. The highest BCUT2D eigenvalue weighted by Crippen LogP contribution is 2.26. The fourth-order valence-corrected chi connectivity index (χ4v) is 3.76. The van der Waals surface area contributed by atoms with Crippen molar-refractivity contribution in [2.45, 2.75) is 13.0 Å². The van der Waals surface area contributed by atoms with Crippen LogP contribution in [0.1, 0.15) is 22.8 Å². The molecule has 1 N–H and O–H groups in total. The lowest BCUT2D eigenvalue weighted by Crippen LogP contribution is -2.55. The van der Waals surface area contributed by atoms with Crippen molar-refractivity contribution in [3.8, 4) is 17.2 Å². The summed E-state index contributed by atoms with van der Waals surface area (Å²) < 4.78 is 15.6. The van der Waals surface area contributed by atoms with Gasteiger partial charge in [0, 0.05) is 38.3 Å². The van der Waals surface area contributed by atoms with Crippen molar-refractivity contribution >= 4 is 23.8 Å². The predicted molar refractivity (Wildman–Crippen MR) is 132 cm³/mol. The molecule has 1 fully saturated rings. The Morgan fingerprint density at radius 2 is 1.46 bits per heavy atom. The second kappa shape index (κ2) is 11.9. The van der Waals surface area contributed by atoms with E-state index < -0.39 is 6.04 Å². The maximum atomic E-state index is 13.0. The van der Waals surface area contributed by atoms with E-state index in [9.17, 15) is 14.4 Å². The summed E-state index contributed by atoms with van der Waals surface area (Å²) >= 11 is 0. The highest BCUT2D eigenvalue weighted by atomic mass is 16.5. The minimum absolute atomic E-state index is 0.165. The molecule has 2 aromatic rings. The molecular formula is C26H31N3O6. The second-order valence-corrected chi connectivity index (χ2v) is 8.02. The van der Waals surface area contributed by atoms with Crippen molar-refractivity contribution in [1.29, 1.82) is 0 Å². The van der Waals surface area contributed by atoms with Gasteiger partial charge in [-0.05, 0) is 42.8 Å². The van der Waals surface area contributed by atoms with Crippen LogP contribution < -0.4 is 19.5 Å². The minimum Gasteiger partial charge on any atom is -0.497 e. The molecule has 186 valence electrons. The summed E-state index contributed by atoms with van der Waals surface area (Å²) in [6, 6.07) is 11.6. The van der Waals surface area contributed by atoms with E-state index in [4.69, 9.17) is 14.2 Å². The van der Waals surface area contributed by atoms with Crippen LogP contribution in [0.3, 0.4) is 0 Å². The van der Waals surface area contributed by atoms with Gasteiger partial charge in [-0.25, -0.2) is 0 Å². The number of carbonyl (C=O) groups excluding carboxylic acids is 3. The van der Waals surface area contributed by atoms with Crippen molar-refractivity contribution in [1.82, 2.24) is 15.1 Å². The number of rotatable bonds is 8. The van der Waals surface area contributed by atoms with Crippen LogP contribution in [0.4, 0.5) is 0 Å². The van der Waals surface area contributed by atoms with Gasteiger partial charge >= 0.3 is 0 Å². The summed E-state index contributed by atoms with van der Waals surface area (Å²) in [5.74, 6) is 1.06. The van der Waals surface area contributed by atoms with Gasteiger partial charge in [0.05, 0.1) is 26.9 Å². The summed E-state index contributed by atoms with van der Waals surface area (Å²) in [4.78, 5) is 41.4. The summed E-state index contributed by atoms with van der Waals surface area (Å²) in [6.07, 6.45) is 3.06. The smallest absolute Gasteiger partial charge is 0.257 e. The number of methoxy groups -OCH3 is 3. The monoisotopic (exact) mass is 481 g/mol. The van der Waals surface area contributed by atoms with Gasteiger partial charge in [-0.1, -0.05) is 12.1 Å². The largest absolute Gasteiger partial charge is 0.497 e. The molecule has 1 saturated heterocycles. The Labute approximate surface area is 205 Å². The van der Waals surface area contributed by atoms with Gasteiger partial charge < -0.3 is 29.3 Å². The van der Waals surface area contributed by atoms with Crippen LogP contribution in [0.5, 0.6) is 17.2 Å². The van der Waals surface area contributed by atoms with Crippen molar-refractivity contribution in [2.24, 2.45) is 0 Å². The van der Waals surface area contributed by atoms with E-state index in [1.807, 2.05) is 12.1 Å². The second-order valence-electron chi connectivity index (χ2n) is 8.02. The number of benzene rings is 2. The van der Waals surface area contributed by atoms with E-state index in [0.717, 1.165) is 11.3 Å².